The molecule has 1 heterocycles. The van der Waals surface area contributed by atoms with Crippen LogP contribution >= 0.6 is 59.1 Å². The zero-order chi connectivity index (χ0) is 13.3. The first kappa shape index (κ1) is 14.6. The molecule has 0 saturated heterocycles. The van der Waals surface area contributed by atoms with Crippen LogP contribution < -0.4 is 0 Å². The molecular weight excluding hydrogens is 454 g/mol. The van der Waals surface area contributed by atoms with Gasteiger partial charge in [-0.15, -0.1) is 11.3 Å². The summed E-state index contributed by atoms with van der Waals surface area (Å²) in [5.41, 5.74) is 0.499. The maximum atomic E-state index is 13.5. The molecule has 1 aromatic heterocycles. The molecule has 96 valence electrons. The van der Waals surface area contributed by atoms with Crippen molar-refractivity contribution in [1.29, 1.82) is 0 Å². The Morgan fingerprint density at radius 2 is 1.89 bits per heavy atom. The molecule has 0 aliphatic rings. The summed E-state index contributed by atoms with van der Waals surface area (Å²) in [6.45, 7) is 0. The Morgan fingerprint density at radius 1 is 1.17 bits per heavy atom. The van der Waals surface area contributed by atoms with Gasteiger partial charge in [-0.2, -0.15) is 0 Å². The molecule has 0 radical (unpaired) electrons. The predicted molar refractivity (Wildman–Crippen MR) is 81.4 cm³/mol. The van der Waals surface area contributed by atoms with Gasteiger partial charge in [0.25, 0.3) is 0 Å². The minimum atomic E-state index is -0.552. The average Bonchev–Trinajstić information content (AvgIpc) is 2.63. The Morgan fingerprint density at radius 3 is 2.44 bits per heavy atom. The van der Waals surface area contributed by atoms with E-state index in [1.807, 2.05) is 6.07 Å². The van der Waals surface area contributed by atoms with Crippen LogP contribution in [0.4, 0.5) is 8.78 Å². The van der Waals surface area contributed by atoms with E-state index < -0.39 is 11.6 Å². The number of benzene rings is 1. The lowest BCUT2D eigenvalue weighted by Crippen LogP contribution is -1.97. The van der Waals surface area contributed by atoms with Crippen molar-refractivity contribution in [3.63, 3.8) is 0 Å². The highest BCUT2D eigenvalue weighted by Gasteiger charge is 2.15. The smallest absolute Gasteiger partial charge is 0.129 e. The molecule has 1 atom stereocenters. The van der Waals surface area contributed by atoms with Gasteiger partial charge in [0, 0.05) is 15.4 Å². The maximum Gasteiger partial charge on any atom is 0.129 e. The van der Waals surface area contributed by atoms with Crippen molar-refractivity contribution in [2.24, 2.45) is 0 Å². The molecule has 0 aliphatic heterocycles. The number of thiophene rings is 1. The van der Waals surface area contributed by atoms with Crippen LogP contribution in [0.25, 0.3) is 0 Å². The standard InChI is InChI=1S/C12H7Br3F2S/c13-8(11-5-9(14)12(15)18-11)3-6-1-2-7(16)4-10(6)17/h1-2,4-5,8H,3H2. The van der Waals surface area contributed by atoms with Crippen LogP contribution in [-0.2, 0) is 6.42 Å². The first-order valence-corrected chi connectivity index (χ1v) is 8.32. The minimum absolute atomic E-state index is 0.00469. The first-order valence-electron chi connectivity index (χ1n) is 5.00. The second kappa shape index (κ2) is 6.11. The molecule has 0 fully saturated rings. The van der Waals surface area contributed by atoms with E-state index in [1.54, 1.807) is 11.3 Å². The molecule has 6 heteroatoms. The van der Waals surface area contributed by atoms with Crippen molar-refractivity contribution in [2.75, 3.05) is 0 Å². The monoisotopic (exact) mass is 458 g/mol. The van der Waals surface area contributed by atoms with Crippen LogP contribution in [0.2, 0.25) is 0 Å². The van der Waals surface area contributed by atoms with Gasteiger partial charge >= 0.3 is 0 Å². The van der Waals surface area contributed by atoms with Crippen molar-refractivity contribution in [1.82, 2.24) is 0 Å². The quantitative estimate of drug-likeness (QED) is 0.476. The number of alkyl halides is 1. The zero-order valence-corrected chi connectivity index (χ0v) is 14.5. The Kier molecular flexibility index (Phi) is 4.97. The molecule has 2 rings (SSSR count). The van der Waals surface area contributed by atoms with Gasteiger partial charge in [-0.3, -0.25) is 0 Å². The number of hydrogen-bond donors (Lipinski definition) is 0. The average molecular weight is 461 g/mol. The zero-order valence-electron chi connectivity index (χ0n) is 8.89. The van der Waals surface area contributed by atoms with E-state index in [4.69, 9.17) is 0 Å². The highest BCUT2D eigenvalue weighted by molar-refractivity contribution is 9.13. The Labute approximate surface area is 133 Å². The number of rotatable bonds is 3. The third-order valence-corrected chi connectivity index (χ3v) is 6.88. The Hall–Kier alpha value is 0.220. The fraction of sp³-hybridized carbons (Fsp3) is 0.167. The van der Waals surface area contributed by atoms with Crippen LogP contribution in [-0.4, -0.2) is 0 Å². The van der Waals surface area contributed by atoms with Gasteiger partial charge in [0.2, 0.25) is 0 Å². The largest absolute Gasteiger partial charge is 0.207 e. The number of halogens is 5. The molecule has 1 aromatic carbocycles. The summed E-state index contributed by atoms with van der Waals surface area (Å²) in [7, 11) is 0. The highest BCUT2D eigenvalue weighted by Crippen LogP contribution is 2.39. The summed E-state index contributed by atoms with van der Waals surface area (Å²) < 4.78 is 28.3. The van der Waals surface area contributed by atoms with Gasteiger partial charge in [0.15, 0.2) is 0 Å². The van der Waals surface area contributed by atoms with Gasteiger partial charge in [-0.05, 0) is 56.0 Å². The normalized spacial score (nSPS) is 12.7. The van der Waals surface area contributed by atoms with E-state index in [9.17, 15) is 8.78 Å². The summed E-state index contributed by atoms with van der Waals surface area (Å²) >= 11 is 11.9. The van der Waals surface area contributed by atoms with Crippen LogP contribution in [0.1, 0.15) is 15.3 Å². The lowest BCUT2D eigenvalue weighted by atomic mass is 10.1. The third-order valence-electron chi connectivity index (χ3n) is 2.39. The SMILES string of the molecule is Fc1ccc(CC(Br)c2cc(Br)c(Br)s2)c(F)c1. The fourth-order valence-corrected chi connectivity index (χ4v) is 4.33. The molecule has 0 bridgehead atoms. The molecule has 0 nitrogen and oxygen atoms in total. The number of hydrogen-bond acceptors (Lipinski definition) is 1. The van der Waals surface area contributed by atoms with Crippen LogP contribution in [0.3, 0.4) is 0 Å². The van der Waals surface area contributed by atoms with E-state index in [2.05, 4.69) is 47.8 Å². The third kappa shape index (κ3) is 3.40. The summed E-state index contributed by atoms with van der Waals surface area (Å²) in [4.78, 5) is 1.09. The van der Waals surface area contributed by atoms with Gasteiger partial charge < -0.3 is 0 Å². The van der Waals surface area contributed by atoms with Crippen LogP contribution in [0.5, 0.6) is 0 Å². The van der Waals surface area contributed by atoms with Crippen molar-refractivity contribution in [3.05, 3.63) is 54.6 Å². The van der Waals surface area contributed by atoms with Gasteiger partial charge in [-0.1, -0.05) is 22.0 Å². The lowest BCUT2D eigenvalue weighted by molar-refractivity contribution is 0.571. The maximum absolute atomic E-state index is 13.5. The van der Waals surface area contributed by atoms with Crippen molar-refractivity contribution in [2.45, 2.75) is 11.2 Å². The molecule has 0 aliphatic carbocycles. The molecule has 1 unspecified atom stereocenters. The van der Waals surface area contributed by atoms with Crippen molar-refractivity contribution in [3.8, 4) is 0 Å². The van der Waals surface area contributed by atoms with E-state index in [1.165, 1.54) is 12.1 Å². The van der Waals surface area contributed by atoms with Gasteiger partial charge in [0.1, 0.15) is 11.6 Å². The Bertz CT molecular complexity index is 549. The molecule has 0 N–H and O–H groups in total. The van der Waals surface area contributed by atoms with Crippen molar-refractivity contribution < 1.29 is 8.78 Å². The second-order valence-corrected chi connectivity index (χ2v) is 8.04. The summed E-state index contributed by atoms with van der Waals surface area (Å²) in [6, 6.07) is 5.65. The van der Waals surface area contributed by atoms with E-state index in [0.29, 0.717) is 12.0 Å². The molecule has 18 heavy (non-hydrogen) atoms. The minimum Gasteiger partial charge on any atom is -0.207 e. The fourth-order valence-electron chi connectivity index (χ4n) is 1.50. The molecule has 0 saturated carbocycles. The van der Waals surface area contributed by atoms with E-state index in [0.717, 1.165) is 19.2 Å². The summed E-state index contributed by atoms with van der Waals surface area (Å²) in [5, 5.41) is 0. The van der Waals surface area contributed by atoms with Crippen molar-refractivity contribution >= 4 is 59.1 Å². The topological polar surface area (TPSA) is 0 Å². The van der Waals surface area contributed by atoms with Gasteiger partial charge in [0.05, 0.1) is 8.61 Å². The molecule has 0 amide bonds. The molecule has 2 aromatic rings. The Balaban J connectivity index is 2.18. The van der Waals surface area contributed by atoms with Crippen LogP contribution in [0, 0.1) is 11.6 Å². The van der Waals surface area contributed by atoms with E-state index in [-0.39, 0.29) is 4.83 Å². The molecular formula is C12H7Br3F2S. The first-order chi connectivity index (χ1) is 8.47. The summed E-state index contributed by atoms with van der Waals surface area (Å²) in [5.74, 6) is -1.06. The summed E-state index contributed by atoms with van der Waals surface area (Å²) in [6.07, 6.45) is 0.478. The predicted octanol–water partition coefficient (Wildman–Crippen LogP) is 6.23. The lowest BCUT2D eigenvalue weighted by Gasteiger charge is -2.08. The van der Waals surface area contributed by atoms with Crippen LogP contribution in [0.15, 0.2) is 32.5 Å². The van der Waals surface area contributed by atoms with Gasteiger partial charge in [-0.25, -0.2) is 8.78 Å². The highest BCUT2D eigenvalue weighted by atomic mass is 79.9. The molecule has 0 spiro atoms. The van der Waals surface area contributed by atoms with E-state index >= 15 is 0 Å². The second-order valence-electron chi connectivity index (χ2n) is 3.68.